The van der Waals surface area contributed by atoms with E-state index in [0.717, 1.165) is 10.0 Å². The molecule has 0 aliphatic rings. The number of hydrogen-bond donors (Lipinski definition) is 1. The number of nitrogen functional groups attached to an aromatic ring is 1. The molecule has 4 nitrogen and oxygen atoms in total. The van der Waals surface area contributed by atoms with Gasteiger partial charge in [0.25, 0.3) is 0 Å². The summed E-state index contributed by atoms with van der Waals surface area (Å²) < 4.78 is 5.62. The highest BCUT2D eigenvalue weighted by Gasteiger charge is 2.06. The van der Waals surface area contributed by atoms with Crippen LogP contribution in [-0.2, 0) is 0 Å². The monoisotopic (exact) mass is 239 g/mol. The van der Waals surface area contributed by atoms with Crippen LogP contribution in [0.15, 0.2) is 33.5 Å². The molecule has 0 bridgehead atoms. The van der Waals surface area contributed by atoms with Crippen molar-refractivity contribution >= 4 is 21.8 Å². The summed E-state index contributed by atoms with van der Waals surface area (Å²) in [4.78, 5) is 3.94. The largest absolute Gasteiger partial charge is 0.368 e. The first-order chi connectivity index (χ1) is 6.27. The van der Waals surface area contributed by atoms with E-state index in [9.17, 15) is 0 Å². The molecular weight excluding hydrogens is 234 g/mol. The molecule has 2 N–H and O–H groups in total. The van der Waals surface area contributed by atoms with Crippen molar-refractivity contribution in [2.24, 2.45) is 0 Å². The first-order valence-corrected chi connectivity index (χ1v) is 4.39. The van der Waals surface area contributed by atoms with Gasteiger partial charge in [0, 0.05) is 28.5 Å². The first-order valence-electron chi connectivity index (χ1n) is 3.59. The van der Waals surface area contributed by atoms with Crippen LogP contribution in [-0.4, -0.2) is 10.1 Å². The molecule has 0 saturated heterocycles. The van der Waals surface area contributed by atoms with Gasteiger partial charge in [0.15, 0.2) is 0 Å². The van der Waals surface area contributed by atoms with Gasteiger partial charge in [0.05, 0.1) is 0 Å². The number of anilines is 1. The number of aromatic nitrogens is 2. The second kappa shape index (κ2) is 3.18. The average Bonchev–Trinajstić information content (AvgIpc) is 2.53. The van der Waals surface area contributed by atoms with Crippen LogP contribution in [0, 0.1) is 0 Å². The second-order valence-corrected chi connectivity index (χ2v) is 3.32. The quantitative estimate of drug-likeness (QED) is 0.828. The van der Waals surface area contributed by atoms with Crippen molar-refractivity contribution < 1.29 is 4.52 Å². The van der Waals surface area contributed by atoms with Crippen LogP contribution in [0.5, 0.6) is 0 Å². The van der Waals surface area contributed by atoms with Crippen molar-refractivity contribution in [2.45, 2.75) is 0 Å². The van der Waals surface area contributed by atoms with Crippen molar-refractivity contribution in [3.8, 4) is 11.3 Å². The molecule has 0 aromatic carbocycles. The maximum absolute atomic E-state index is 5.41. The summed E-state index contributed by atoms with van der Waals surface area (Å²) in [5.74, 6) is 0.304. The Kier molecular flexibility index (Phi) is 2.02. The summed E-state index contributed by atoms with van der Waals surface area (Å²) in [7, 11) is 0. The van der Waals surface area contributed by atoms with E-state index in [0.29, 0.717) is 11.6 Å². The Balaban J connectivity index is 2.52. The molecule has 0 spiro atoms. The smallest absolute Gasteiger partial charge is 0.222 e. The summed E-state index contributed by atoms with van der Waals surface area (Å²) in [6, 6.07) is 3.50. The standard InChI is InChI=1S/C8H6BrN3O/c9-6-4-11-2-1-5(6)7-3-8(10)13-12-7/h1-4H,10H2. The fourth-order valence-corrected chi connectivity index (χ4v) is 1.45. The Hall–Kier alpha value is -1.36. The molecule has 2 aromatic heterocycles. The molecule has 0 radical (unpaired) electrons. The van der Waals surface area contributed by atoms with Gasteiger partial charge in [0.1, 0.15) is 5.69 Å². The number of nitrogens with two attached hydrogens (primary N) is 1. The van der Waals surface area contributed by atoms with E-state index in [4.69, 9.17) is 10.3 Å². The molecule has 0 fully saturated rings. The van der Waals surface area contributed by atoms with Crippen LogP contribution in [0.25, 0.3) is 11.3 Å². The molecule has 2 rings (SSSR count). The van der Waals surface area contributed by atoms with E-state index in [1.54, 1.807) is 18.5 Å². The molecule has 13 heavy (non-hydrogen) atoms. The summed E-state index contributed by atoms with van der Waals surface area (Å²) in [6.45, 7) is 0. The van der Waals surface area contributed by atoms with Crippen molar-refractivity contribution in [1.29, 1.82) is 0 Å². The van der Waals surface area contributed by atoms with E-state index in [-0.39, 0.29) is 0 Å². The van der Waals surface area contributed by atoms with Crippen LogP contribution >= 0.6 is 15.9 Å². The van der Waals surface area contributed by atoms with Gasteiger partial charge in [-0.2, -0.15) is 0 Å². The Labute approximate surface area is 82.9 Å². The van der Waals surface area contributed by atoms with Gasteiger partial charge in [0.2, 0.25) is 5.88 Å². The van der Waals surface area contributed by atoms with Crippen LogP contribution in [0.3, 0.4) is 0 Å². The minimum absolute atomic E-state index is 0.304. The van der Waals surface area contributed by atoms with E-state index < -0.39 is 0 Å². The lowest BCUT2D eigenvalue weighted by atomic mass is 10.2. The minimum atomic E-state index is 0.304. The van der Waals surface area contributed by atoms with Crippen LogP contribution in [0.2, 0.25) is 0 Å². The SMILES string of the molecule is Nc1cc(-c2ccncc2Br)no1. The topological polar surface area (TPSA) is 64.9 Å². The highest BCUT2D eigenvalue weighted by Crippen LogP contribution is 2.26. The number of rotatable bonds is 1. The van der Waals surface area contributed by atoms with Gasteiger partial charge >= 0.3 is 0 Å². The molecule has 2 aromatic rings. The predicted molar refractivity (Wildman–Crippen MR) is 51.8 cm³/mol. The predicted octanol–water partition coefficient (Wildman–Crippen LogP) is 2.08. The molecular formula is C8H6BrN3O. The summed E-state index contributed by atoms with van der Waals surface area (Å²) in [5, 5.41) is 3.79. The average molecular weight is 240 g/mol. The Morgan fingerprint density at radius 2 is 2.31 bits per heavy atom. The zero-order valence-electron chi connectivity index (χ0n) is 6.57. The number of halogens is 1. The fraction of sp³-hybridized carbons (Fsp3) is 0. The highest BCUT2D eigenvalue weighted by molar-refractivity contribution is 9.10. The lowest BCUT2D eigenvalue weighted by molar-refractivity contribution is 0.439. The molecule has 0 unspecified atom stereocenters. The lowest BCUT2D eigenvalue weighted by Crippen LogP contribution is -1.80. The molecule has 0 atom stereocenters. The Morgan fingerprint density at radius 1 is 1.46 bits per heavy atom. The van der Waals surface area contributed by atoms with E-state index in [1.807, 2.05) is 6.07 Å². The van der Waals surface area contributed by atoms with Crippen molar-refractivity contribution in [1.82, 2.24) is 10.1 Å². The summed E-state index contributed by atoms with van der Waals surface area (Å²) >= 11 is 3.36. The third-order valence-corrected chi connectivity index (χ3v) is 2.21. The Bertz CT molecular complexity index is 427. The van der Waals surface area contributed by atoms with Crippen LogP contribution < -0.4 is 5.73 Å². The minimum Gasteiger partial charge on any atom is -0.368 e. The Morgan fingerprint density at radius 3 is 2.92 bits per heavy atom. The van der Waals surface area contributed by atoms with Crippen molar-refractivity contribution in [3.63, 3.8) is 0 Å². The zero-order valence-corrected chi connectivity index (χ0v) is 8.15. The molecule has 0 amide bonds. The van der Waals surface area contributed by atoms with Crippen molar-refractivity contribution in [2.75, 3.05) is 5.73 Å². The third-order valence-electron chi connectivity index (χ3n) is 1.58. The van der Waals surface area contributed by atoms with Gasteiger partial charge in [-0.25, -0.2) is 0 Å². The molecule has 2 heterocycles. The van der Waals surface area contributed by atoms with Gasteiger partial charge < -0.3 is 10.3 Å². The van der Waals surface area contributed by atoms with E-state index in [1.165, 1.54) is 0 Å². The summed E-state index contributed by atoms with van der Waals surface area (Å²) in [5.41, 5.74) is 7.02. The van der Waals surface area contributed by atoms with Gasteiger partial charge in [-0.05, 0) is 22.0 Å². The molecule has 0 aliphatic heterocycles. The molecule has 66 valence electrons. The zero-order chi connectivity index (χ0) is 9.26. The van der Waals surface area contributed by atoms with Gasteiger partial charge in [-0.1, -0.05) is 5.16 Å². The van der Waals surface area contributed by atoms with Crippen LogP contribution in [0.1, 0.15) is 0 Å². The maximum Gasteiger partial charge on any atom is 0.222 e. The number of nitrogens with zero attached hydrogens (tertiary/aromatic N) is 2. The molecule has 5 heteroatoms. The second-order valence-electron chi connectivity index (χ2n) is 2.47. The fourth-order valence-electron chi connectivity index (χ4n) is 0.999. The summed E-state index contributed by atoms with van der Waals surface area (Å²) in [6.07, 6.45) is 3.38. The van der Waals surface area contributed by atoms with Crippen LogP contribution in [0.4, 0.5) is 5.88 Å². The van der Waals surface area contributed by atoms with Gasteiger partial charge in [-0.3, -0.25) is 4.98 Å². The van der Waals surface area contributed by atoms with E-state index >= 15 is 0 Å². The number of pyridine rings is 1. The number of hydrogen-bond acceptors (Lipinski definition) is 4. The normalized spacial score (nSPS) is 10.2. The van der Waals surface area contributed by atoms with E-state index in [2.05, 4.69) is 26.1 Å². The molecule has 0 aliphatic carbocycles. The maximum atomic E-state index is 5.41. The van der Waals surface area contributed by atoms with Gasteiger partial charge in [-0.15, -0.1) is 0 Å². The molecule has 0 saturated carbocycles. The first kappa shape index (κ1) is 8.25. The lowest BCUT2D eigenvalue weighted by Gasteiger charge is -1.96. The van der Waals surface area contributed by atoms with Crippen molar-refractivity contribution in [3.05, 3.63) is 29.0 Å². The third kappa shape index (κ3) is 1.55. The highest BCUT2D eigenvalue weighted by atomic mass is 79.9.